The fraction of sp³-hybridized carbons (Fsp3) is 0.308. The van der Waals surface area contributed by atoms with Gasteiger partial charge in [-0.1, -0.05) is 11.6 Å². The molecule has 2 rings (SSSR count). The van der Waals surface area contributed by atoms with Crippen LogP contribution in [0.4, 0.5) is 0 Å². The minimum Gasteiger partial charge on any atom is -0.311 e. The fourth-order valence-electron chi connectivity index (χ4n) is 1.97. The Kier molecular flexibility index (Phi) is 2.14. The van der Waals surface area contributed by atoms with Crippen LogP contribution in [-0.2, 0) is 7.05 Å². The molecule has 0 bridgehead atoms. The maximum atomic E-state index is 11.9. The van der Waals surface area contributed by atoms with E-state index in [1.165, 1.54) is 10.9 Å². The number of pyridine rings is 1. The Balaban J connectivity index is 3.07. The second-order valence-electron chi connectivity index (χ2n) is 4.13. The van der Waals surface area contributed by atoms with Crippen molar-refractivity contribution in [3.8, 4) is 0 Å². The lowest BCUT2D eigenvalue weighted by atomic mass is 10.0. The van der Waals surface area contributed by atoms with Gasteiger partial charge in [-0.2, -0.15) is 0 Å². The van der Waals surface area contributed by atoms with E-state index in [9.17, 15) is 4.79 Å². The van der Waals surface area contributed by atoms with Gasteiger partial charge in [-0.05, 0) is 38.5 Å². The Labute approximate surface area is 89.2 Å². The van der Waals surface area contributed by atoms with E-state index in [0.29, 0.717) is 0 Å². The highest BCUT2D eigenvalue weighted by Gasteiger charge is 2.07. The molecule has 0 aliphatic heterocycles. The summed E-state index contributed by atoms with van der Waals surface area (Å²) in [6, 6.07) is 6.19. The molecule has 2 aromatic rings. The summed E-state index contributed by atoms with van der Waals surface area (Å²) in [5.74, 6) is 0. The first-order valence-electron chi connectivity index (χ1n) is 5.09. The first kappa shape index (κ1) is 9.97. The smallest absolute Gasteiger partial charge is 0.253 e. The summed E-state index contributed by atoms with van der Waals surface area (Å²) in [4.78, 5) is 11.9. The summed E-state index contributed by atoms with van der Waals surface area (Å²) in [6.45, 7) is 5.97. The third-order valence-corrected chi connectivity index (χ3v) is 3.11. The van der Waals surface area contributed by atoms with Gasteiger partial charge in [-0.25, -0.2) is 0 Å². The Morgan fingerprint density at radius 1 is 1.07 bits per heavy atom. The zero-order chi connectivity index (χ0) is 11.2. The zero-order valence-electron chi connectivity index (χ0n) is 9.59. The van der Waals surface area contributed by atoms with Gasteiger partial charge in [0.1, 0.15) is 0 Å². The molecule has 0 radical (unpaired) electrons. The van der Waals surface area contributed by atoms with Crippen LogP contribution in [0.5, 0.6) is 0 Å². The van der Waals surface area contributed by atoms with E-state index in [1.807, 2.05) is 33.0 Å². The maximum Gasteiger partial charge on any atom is 0.253 e. The molecule has 0 saturated carbocycles. The molecule has 0 amide bonds. The lowest BCUT2D eigenvalue weighted by Gasteiger charge is -2.10. The fourth-order valence-corrected chi connectivity index (χ4v) is 1.97. The molecule has 1 aromatic carbocycles. The van der Waals surface area contributed by atoms with Crippen LogP contribution in [0.3, 0.4) is 0 Å². The molecule has 0 spiro atoms. The molecule has 2 nitrogen and oxygen atoms in total. The van der Waals surface area contributed by atoms with E-state index in [-0.39, 0.29) is 5.56 Å². The number of hydrogen-bond donors (Lipinski definition) is 0. The van der Waals surface area contributed by atoms with Gasteiger partial charge in [0.25, 0.3) is 5.56 Å². The number of benzene rings is 1. The van der Waals surface area contributed by atoms with Crippen LogP contribution < -0.4 is 5.56 Å². The van der Waals surface area contributed by atoms with E-state index < -0.39 is 0 Å². The SMILES string of the molecule is Cc1ccc2c(c1)c(C)c(C)c(=O)n2C. The lowest BCUT2D eigenvalue weighted by Crippen LogP contribution is -2.20. The summed E-state index contributed by atoms with van der Waals surface area (Å²) in [6.07, 6.45) is 0. The normalized spacial score (nSPS) is 10.9. The Morgan fingerprint density at radius 3 is 2.40 bits per heavy atom. The van der Waals surface area contributed by atoms with Gasteiger partial charge in [-0.15, -0.1) is 0 Å². The van der Waals surface area contributed by atoms with E-state index >= 15 is 0 Å². The molecule has 0 aliphatic carbocycles. The Hall–Kier alpha value is -1.57. The number of aryl methyl sites for hydroxylation is 3. The van der Waals surface area contributed by atoms with Crippen LogP contribution in [-0.4, -0.2) is 4.57 Å². The van der Waals surface area contributed by atoms with E-state index in [2.05, 4.69) is 13.0 Å². The Bertz CT molecular complexity index is 593. The highest BCUT2D eigenvalue weighted by molar-refractivity contribution is 5.84. The summed E-state index contributed by atoms with van der Waals surface area (Å²) < 4.78 is 1.72. The standard InChI is InChI=1S/C13H15NO/c1-8-5-6-12-11(7-8)9(2)10(3)13(15)14(12)4/h5-7H,1-4H3. The van der Waals surface area contributed by atoms with Crippen molar-refractivity contribution in [1.82, 2.24) is 4.57 Å². The average Bonchev–Trinajstić information content (AvgIpc) is 2.23. The van der Waals surface area contributed by atoms with Gasteiger partial charge < -0.3 is 4.57 Å². The van der Waals surface area contributed by atoms with Gasteiger partial charge in [0.05, 0.1) is 5.52 Å². The topological polar surface area (TPSA) is 22.0 Å². The summed E-state index contributed by atoms with van der Waals surface area (Å²) in [5.41, 5.74) is 4.27. The number of nitrogens with zero attached hydrogens (tertiary/aromatic N) is 1. The predicted molar refractivity (Wildman–Crippen MR) is 63.4 cm³/mol. The van der Waals surface area contributed by atoms with Crippen molar-refractivity contribution < 1.29 is 0 Å². The molecule has 0 atom stereocenters. The van der Waals surface area contributed by atoms with Crippen LogP contribution >= 0.6 is 0 Å². The third-order valence-electron chi connectivity index (χ3n) is 3.11. The third kappa shape index (κ3) is 1.37. The van der Waals surface area contributed by atoms with E-state index in [4.69, 9.17) is 0 Å². The Morgan fingerprint density at radius 2 is 1.73 bits per heavy atom. The molecule has 2 heteroatoms. The zero-order valence-corrected chi connectivity index (χ0v) is 9.59. The van der Waals surface area contributed by atoms with Crippen molar-refractivity contribution in [1.29, 1.82) is 0 Å². The largest absolute Gasteiger partial charge is 0.311 e. The van der Waals surface area contributed by atoms with Crippen LogP contribution in [0.25, 0.3) is 10.9 Å². The van der Waals surface area contributed by atoms with Crippen LogP contribution in [0.2, 0.25) is 0 Å². The molecule has 1 heterocycles. The van der Waals surface area contributed by atoms with Crippen molar-refractivity contribution in [3.05, 3.63) is 45.2 Å². The molecule has 1 aromatic heterocycles. The molecular formula is C13H15NO. The van der Waals surface area contributed by atoms with Crippen LogP contribution in [0.15, 0.2) is 23.0 Å². The molecule has 0 saturated heterocycles. The van der Waals surface area contributed by atoms with Gasteiger partial charge in [0.15, 0.2) is 0 Å². The quantitative estimate of drug-likeness (QED) is 0.641. The minimum atomic E-state index is 0.101. The number of fused-ring (bicyclic) bond motifs is 1. The second-order valence-corrected chi connectivity index (χ2v) is 4.13. The summed E-state index contributed by atoms with van der Waals surface area (Å²) in [5, 5.41) is 1.18. The summed E-state index contributed by atoms with van der Waals surface area (Å²) in [7, 11) is 1.83. The molecule has 0 fully saturated rings. The lowest BCUT2D eigenvalue weighted by molar-refractivity contribution is 0.888. The maximum absolute atomic E-state index is 11.9. The molecule has 0 N–H and O–H groups in total. The van der Waals surface area contributed by atoms with Crippen molar-refractivity contribution in [2.75, 3.05) is 0 Å². The molecule has 0 aliphatic rings. The van der Waals surface area contributed by atoms with E-state index in [1.54, 1.807) is 4.57 Å². The average molecular weight is 201 g/mol. The summed E-state index contributed by atoms with van der Waals surface area (Å²) >= 11 is 0. The molecule has 15 heavy (non-hydrogen) atoms. The number of rotatable bonds is 0. The van der Waals surface area contributed by atoms with Crippen molar-refractivity contribution in [2.24, 2.45) is 7.05 Å². The second kappa shape index (κ2) is 3.23. The number of hydrogen-bond acceptors (Lipinski definition) is 1. The molecular weight excluding hydrogens is 186 g/mol. The minimum absolute atomic E-state index is 0.101. The first-order valence-corrected chi connectivity index (χ1v) is 5.09. The number of aromatic nitrogens is 1. The van der Waals surface area contributed by atoms with Crippen molar-refractivity contribution in [2.45, 2.75) is 20.8 Å². The molecule has 78 valence electrons. The molecule has 0 unspecified atom stereocenters. The van der Waals surface area contributed by atoms with Gasteiger partial charge in [0, 0.05) is 18.0 Å². The van der Waals surface area contributed by atoms with Crippen molar-refractivity contribution in [3.63, 3.8) is 0 Å². The van der Waals surface area contributed by atoms with Gasteiger partial charge in [-0.3, -0.25) is 4.79 Å². The highest BCUT2D eigenvalue weighted by atomic mass is 16.1. The van der Waals surface area contributed by atoms with Gasteiger partial charge in [0.2, 0.25) is 0 Å². The predicted octanol–water partition coefficient (Wildman–Crippen LogP) is 2.46. The highest BCUT2D eigenvalue weighted by Crippen LogP contribution is 2.19. The monoisotopic (exact) mass is 201 g/mol. The van der Waals surface area contributed by atoms with Crippen molar-refractivity contribution >= 4 is 10.9 Å². The first-order chi connectivity index (χ1) is 7.02. The van der Waals surface area contributed by atoms with Crippen LogP contribution in [0, 0.1) is 20.8 Å². The van der Waals surface area contributed by atoms with Crippen LogP contribution in [0.1, 0.15) is 16.7 Å². The van der Waals surface area contributed by atoms with Gasteiger partial charge >= 0.3 is 0 Å². The van der Waals surface area contributed by atoms with E-state index in [0.717, 1.165) is 16.6 Å².